The van der Waals surface area contributed by atoms with Crippen LogP contribution in [0.5, 0.6) is 0 Å². The lowest BCUT2D eigenvalue weighted by atomic mass is 10.0. The van der Waals surface area contributed by atoms with Gasteiger partial charge in [0.2, 0.25) is 29.5 Å². The van der Waals surface area contributed by atoms with E-state index in [9.17, 15) is 29.1 Å². The zero-order valence-corrected chi connectivity index (χ0v) is 21.7. The van der Waals surface area contributed by atoms with Gasteiger partial charge in [0.05, 0.1) is 18.7 Å². The number of hydrogen-bond acceptors (Lipinski definition) is 8. The van der Waals surface area contributed by atoms with Crippen LogP contribution in [0.1, 0.15) is 23.8 Å². The number of hydrogen-bond donors (Lipinski definition) is 7. The van der Waals surface area contributed by atoms with Crippen molar-refractivity contribution in [1.82, 2.24) is 26.6 Å². The lowest BCUT2D eigenvalue weighted by molar-refractivity contribution is -0.127. The third kappa shape index (κ3) is 11.2. The summed E-state index contributed by atoms with van der Waals surface area (Å²) >= 11 is 0. The summed E-state index contributed by atoms with van der Waals surface area (Å²) in [6, 6.07) is 8.61. The third-order valence-electron chi connectivity index (χ3n) is 5.53. The Morgan fingerprint density at radius 3 is 2.31 bits per heavy atom. The number of rotatable bonds is 15. The maximum Gasteiger partial charge on any atom is 0.244 e. The van der Waals surface area contributed by atoms with Crippen LogP contribution in [0.2, 0.25) is 0 Å². The molecule has 0 saturated heterocycles. The molecule has 0 aliphatic rings. The Morgan fingerprint density at radius 2 is 1.69 bits per heavy atom. The third-order valence-corrected chi connectivity index (χ3v) is 5.53. The van der Waals surface area contributed by atoms with E-state index in [1.165, 1.54) is 20.2 Å². The zero-order valence-electron chi connectivity index (χ0n) is 21.7. The molecular weight excluding hydrogens is 508 g/mol. The molecule has 0 fully saturated rings. The zero-order chi connectivity index (χ0) is 28.8. The number of likely N-dealkylation sites (N-methyl/N-ethyl adjacent to an activating group) is 1. The van der Waals surface area contributed by atoms with Gasteiger partial charge in [-0.3, -0.25) is 29.3 Å². The molecule has 2 rings (SSSR count). The predicted octanol–water partition coefficient (Wildman–Crippen LogP) is -1.63. The number of carbonyl (C=O) groups excluding carboxylic acids is 5. The number of primary amides is 1. The van der Waals surface area contributed by atoms with Crippen molar-refractivity contribution in [3.05, 3.63) is 71.7 Å². The number of carbonyl (C=O) groups is 5. The quantitative estimate of drug-likeness (QED) is 0.102. The molecule has 8 N–H and O–H groups in total. The largest absolute Gasteiger partial charge is 0.469 e. The highest BCUT2D eigenvalue weighted by molar-refractivity contribution is 5.97. The first kappa shape index (κ1) is 30.7. The first-order valence-corrected chi connectivity index (χ1v) is 12.1. The number of aliphatic hydroxyl groups is 1. The minimum Gasteiger partial charge on any atom is -0.469 e. The molecule has 210 valence electrons. The summed E-state index contributed by atoms with van der Waals surface area (Å²) in [5, 5.41) is 23.6. The maximum atomic E-state index is 12.7. The van der Waals surface area contributed by atoms with Crippen LogP contribution in [-0.4, -0.2) is 66.5 Å². The van der Waals surface area contributed by atoms with Gasteiger partial charge in [-0.2, -0.15) is 0 Å². The topological polar surface area (TPSA) is 205 Å². The SMILES string of the molecule is CNC(=O)/C=C\C(=O)NC[C@H](NC(=O)Cc1ccccc1CNC(O)[C@H](Cc1ccco1)NC(C)=O)C(N)=O. The molecule has 0 bridgehead atoms. The van der Waals surface area contributed by atoms with Crippen LogP contribution in [0.3, 0.4) is 0 Å². The van der Waals surface area contributed by atoms with Crippen molar-refractivity contribution in [2.24, 2.45) is 5.73 Å². The number of furan rings is 1. The van der Waals surface area contributed by atoms with Gasteiger partial charge < -0.3 is 36.5 Å². The van der Waals surface area contributed by atoms with Crippen molar-refractivity contribution in [2.45, 2.75) is 44.6 Å². The lowest BCUT2D eigenvalue weighted by Crippen LogP contribution is -2.51. The van der Waals surface area contributed by atoms with Gasteiger partial charge in [0, 0.05) is 45.6 Å². The average Bonchev–Trinajstić information content (AvgIpc) is 3.41. The van der Waals surface area contributed by atoms with Crippen molar-refractivity contribution in [2.75, 3.05) is 13.6 Å². The molecule has 3 atom stereocenters. The second-order valence-corrected chi connectivity index (χ2v) is 8.58. The summed E-state index contributed by atoms with van der Waals surface area (Å²) in [5.74, 6) is -2.21. The van der Waals surface area contributed by atoms with E-state index in [0.29, 0.717) is 16.9 Å². The molecule has 1 unspecified atom stereocenters. The molecule has 0 spiro atoms. The minimum absolute atomic E-state index is 0.107. The number of nitrogens with one attached hydrogen (secondary N) is 5. The maximum absolute atomic E-state index is 12.7. The highest BCUT2D eigenvalue weighted by Crippen LogP contribution is 2.12. The Balaban J connectivity index is 1.97. The molecule has 2 aromatic rings. The molecule has 5 amide bonds. The average molecular weight is 543 g/mol. The molecule has 0 saturated carbocycles. The van der Waals surface area contributed by atoms with Crippen LogP contribution in [-0.2, 0) is 43.4 Å². The van der Waals surface area contributed by atoms with E-state index in [0.717, 1.165) is 12.2 Å². The monoisotopic (exact) mass is 542 g/mol. The number of amides is 5. The van der Waals surface area contributed by atoms with Crippen LogP contribution >= 0.6 is 0 Å². The smallest absolute Gasteiger partial charge is 0.244 e. The highest BCUT2D eigenvalue weighted by atomic mass is 16.3. The summed E-state index contributed by atoms with van der Waals surface area (Å²) < 4.78 is 5.32. The molecule has 13 heteroatoms. The summed E-state index contributed by atoms with van der Waals surface area (Å²) in [4.78, 5) is 59.2. The summed E-state index contributed by atoms with van der Waals surface area (Å²) in [6.07, 6.45) is 2.54. The Bertz CT molecular complexity index is 1170. The van der Waals surface area contributed by atoms with Gasteiger partial charge in [0.1, 0.15) is 18.0 Å². The molecule has 0 aliphatic heterocycles. The van der Waals surface area contributed by atoms with Gasteiger partial charge in [-0.15, -0.1) is 0 Å². The minimum atomic E-state index is -1.18. The molecule has 13 nitrogen and oxygen atoms in total. The Labute approximate surface area is 225 Å². The fourth-order valence-corrected chi connectivity index (χ4v) is 3.54. The molecule has 1 aromatic carbocycles. The van der Waals surface area contributed by atoms with E-state index < -0.39 is 41.9 Å². The first-order chi connectivity index (χ1) is 18.6. The number of aliphatic hydroxyl groups excluding tert-OH is 1. The Kier molecular flexibility index (Phi) is 12.4. The summed E-state index contributed by atoms with van der Waals surface area (Å²) in [7, 11) is 1.41. The second-order valence-electron chi connectivity index (χ2n) is 8.58. The van der Waals surface area contributed by atoms with Gasteiger partial charge in [0.15, 0.2) is 0 Å². The van der Waals surface area contributed by atoms with Crippen molar-refractivity contribution < 1.29 is 33.5 Å². The number of benzene rings is 1. The second kappa shape index (κ2) is 15.7. The van der Waals surface area contributed by atoms with E-state index in [1.54, 1.807) is 36.4 Å². The van der Waals surface area contributed by atoms with Crippen LogP contribution in [0.15, 0.2) is 59.2 Å². The first-order valence-electron chi connectivity index (χ1n) is 12.1. The molecular formula is C26H34N6O7. The van der Waals surface area contributed by atoms with Crippen LogP contribution in [0.4, 0.5) is 0 Å². The van der Waals surface area contributed by atoms with E-state index in [-0.39, 0.29) is 31.8 Å². The van der Waals surface area contributed by atoms with Gasteiger partial charge in [-0.25, -0.2) is 0 Å². The fourth-order valence-electron chi connectivity index (χ4n) is 3.54. The van der Waals surface area contributed by atoms with Crippen molar-refractivity contribution in [3.8, 4) is 0 Å². The van der Waals surface area contributed by atoms with Gasteiger partial charge >= 0.3 is 0 Å². The fraction of sp³-hybridized carbons (Fsp3) is 0.346. The van der Waals surface area contributed by atoms with Gasteiger partial charge in [-0.1, -0.05) is 24.3 Å². The van der Waals surface area contributed by atoms with Crippen LogP contribution in [0, 0.1) is 0 Å². The normalized spacial score (nSPS) is 13.2. The molecule has 39 heavy (non-hydrogen) atoms. The molecule has 1 heterocycles. The van der Waals surface area contributed by atoms with E-state index in [2.05, 4.69) is 26.6 Å². The van der Waals surface area contributed by atoms with Gasteiger partial charge in [-0.05, 0) is 23.3 Å². The van der Waals surface area contributed by atoms with Crippen molar-refractivity contribution >= 4 is 29.5 Å². The Hall–Kier alpha value is -4.49. The Morgan fingerprint density at radius 1 is 1.00 bits per heavy atom. The molecule has 1 aromatic heterocycles. The highest BCUT2D eigenvalue weighted by Gasteiger charge is 2.23. The van der Waals surface area contributed by atoms with Crippen LogP contribution in [0.25, 0.3) is 0 Å². The summed E-state index contributed by atoms with van der Waals surface area (Å²) in [5.41, 5.74) is 6.69. The summed E-state index contributed by atoms with van der Waals surface area (Å²) in [6.45, 7) is 1.25. The van der Waals surface area contributed by atoms with Gasteiger partial charge in [0.25, 0.3) is 0 Å². The molecule has 0 radical (unpaired) electrons. The standard InChI is InChI=1S/C26H34N6O7/c1-16(33)31-20(13-19-8-5-11-39-19)26(38)30-14-18-7-4-3-6-17(18)12-24(36)32-21(25(27)37)15-29-23(35)10-9-22(34)28-2/h3-11,20-21,26,30,38H,12-15H2,1-2H3,(H2,27,37)(H,28,34)(H,29,35)(H,31,33)(H,32,36)/b10-9-/t20-,21-,26?/m0/s1. The number of nitrogens with two attached hydrogens (primary N) is 1. The predicted molar refractivity (Wildman–Crippen MR) is 140 cm³/mol. The molecule has 0 aliphatic carbocycles. The van der Waals surface area contributed by atoms with E-state index >= 15 is 0 Å². The van der Waals surface area contributed by atoms with Crippen molar-refractivity contribution in [3.63, 3.8) is 0 Å². The lowest BCUT2D eigenvalue weighted by Gasteiger charge is -2.24. The van der Waals surface area contributed by atoms with E-state index in [1.807, 2.05) is 0 Å². The van der Waals surface area contributed by atoms with Crippen LogP contribution < -0.4 is 32.3 Å². The van der Waals surface area contributed by atoms with E-state index in [4.69, 9.17) is 10.2 Å². The van der Waals surface area contributed by atoms with Crippen molar-refractivity contribution in [1.29, 1.82) is 0 Å².